The van der Waals surface area contributed by atoms with Gasteiger partial charge in [-0.25, -0.2) is 0 Å². The molecule has 1 N–H and O–H groups in total. The first-order valence-corrected chi connectivity index (χ1v) is 11.9. The lowest BCUT2D eigenvalue weighted by molar-refractivity contribution is -0.150. The lowest BCUT2D eigenvalue weighted by Gasteiger charge is -2.31. The molecule has 0 radical (unpaired) electrons. The number of benzene rings is 2. The first-order chi connectivity index (χ1) is 15.6. The van der Waals surface area contributed by atoms with Crippen LogP contribution in [0.4, 0.5) is 0 Å². The number of aliphatic carboxylic acids is 1. The number of rotatable bonds is 12. The molecule has 1 fully saturated rings. The topological polar surface area (TPSA) is 66.8 Å². The fourth-order valence-corrected chi connectivity index (χ4v) is 4.35. The summed E-state index contributed by atoms with van der Waals surface area (Å²) < 4.78 is 5.81. The second-order valence-electron chi connectivity index (χ2n) is 8.64. The number of esters is 1. The van der Waals surface area contributed by atoms with E-state index in [1.165, 1.54) is 0 Å². The van der Waals surface area contributed by atoms with Gasteiger partial charge in [0.15, 0.2) is 0 Å². The highest BCUT2D eigenvalue weighted by Crippen LogP contribution is 2.24. The molecule has 0 saturated carbocycles. The molecular weight excluding hydrogens is 402 g/mol. The summed E-state index contributed by atoms with van der Waals surface area (Å²) in [7, 11) is 0. The predicted molar refractivity (Wildman–Crippen MR) is 126 cm³/mol. The lowest BCUT2D eigenvalue weighted by Crippen LogP contribution is -2.38. The Bertz CT molecular complexity index is 844. The number of hydrogen-bond acceptors (Lipinski definition) is 4. The first kappa shape index (κ1) is 24.0. The third-order valence-electron chi connectivity index (χ3n) is 6.13. The third-order valence-corrected chi connectivity index (χ3v) is 6.13. The SMILES string of the molecule is O=C(O)CCCCCCCN1CCC(OC(=O)Cc2ccccc2-c2ccccc2)CC1. The van der Waals surface area contributed by atoms with Crippen LogP contribution in [0.5, 0.6) is 0 Å². The van der Waals surface area contributed by atoms with Crippen molar-refractivity contribution in [3.63, 3.8) is 0 Å². The van der Waals surface area contributed by atoms with Crippen molar-refractivity contribution in [3.8, 4) is 11.1 Å². The van der Waals surface area contributed by atoms with Gasteiger partial charge in [0.2, 0.25) is 0 Å². The van der Waals surface area contributed by atoms with Crippen molar-refractivity contribution in [2.75, 3.05) is 19.6 Å². The minimum absolute atomic E-state index is 0.0126. The number of carboxylic acid groups (broad SMARTS) is 1. The van der Waals surface area contributed by atoms with Crippen LogP contribution in [0.25, 0.3) is 11.1 Å². The average Bonchev–Trinajstić information content (AvgIpc) is 2.80. The summed E-state index contributed by atoms with van der Waals surface area (Å²) in [5.41, 5.74) is 3.21. The monoisotopic (exact) mass is 437 g/mol. The summed E-state index contributed by atoms with van der Waals surface area (Å²) >= 11 is 0. The van der Waals surface area contributed by atoms with Crippen molar-refractivity contribution in [1.29, 1.82) is 0 Å². The van der Waals surface area contributed by atoms with Crippen LogP contribution < -0.4 is 0 Å². The lowest BCUT2D eigenvalue weighted by atomic mass is 9.98. The largest absolute Gasteiger partial charge is 0.481 e. The molecule has 1 aliphatic rings. The van der Waals surface area contributed by atoms with Gasteiger partial charge >= 0.3 is 11.9 Å². The zero-order chi connectivity index (χ0) is 22.6. The Hall–Kier alpha value is -2.66. The number of hydrogen-bond donors (Lipinski definition) is 1. The van der Waals surface area contributed by atoms with E-state index in [1.807, 2.05) is 36.4 Å². The summed E-state index contributed by atoms with van der Waals surface area (Å²) in [6, 6.07) is 18.2. The number of piperidine rings is 1. The van der Waals surface area contributed by atoms with Crippen molar-refractivity contribution in [2.24, 2.45) is 0 Å². The number of carboxylic acids is 1. The molecule has 0 aromatic heterocycles. The summed E-state index contributed by atoms with van der Waals surface area (Å²) in [6.07, 6.45) is 7.56. The van der Waals surface area contributed by atoms with E-state index in [9.17, 15) is 9.59 Å². The van der Waals surface area contributed by atoms with E-state index >= 15 is 0 Å². The normalized spacial score (nSPS) is 14.9. The number of unbranched alkanes of at least 4 members (excludes halogenated alkanes) is 4. The molecule has 0 atom stereocenters. The van der Waals surface area contributed by atoms with Crippen molar-refractivity contribution >= 4 is 11.9 Å². The second-order valence-corrected chi connectivity index (χ2v) is 8.64. The fraction of sp³-hybridized carbons (Fsp3) is 0.481. The number of likely N-dealkylation sites (tertiary alicyclic amines) is 1. The van der Waals surface area contributed by atoms with Crippen LogP contribution in [0.1, 0.15) is 56.9 Å². The standard InChI is InChI=1S/C27H35NO4/c29-26(30)15-7-2-1-3-10-18-28-19-16-24(17-20-28)32-27(31)21-23-13-8-9-14-25(23)22-11-5-4-6-12-22/h4-6,8-9,11-14,24H,1-3,7,10,15-21H2,(H,29,30). The van der Waals surface area contributed by atoms with E-state index in [-0.39, 0.29) is 18.5 Å². The summed E-state index contributed by atoms with van der Waals surface area (Å²) in [6.45, 7) is 3.01. The van der Waals surface area contributed by atoms with Gasteiger partial charge in [0.25, 0.3) is 0 Å². The Kier molecular flexibility index (Phi) is 9.76. The maximum atomic E-state index is 12.6. The minimum atomic E-state index is -0.700. The minimum Gasteiger partial charge on any atom is -0.481 e. The molecule has 32 heavy (non-hydrogen) atoms. The molecule has 0 unspecified atom stereocenters. The molecule has 1 aliphatic heterocycles. The van der Waals surface area contributed by atoms with Gasteiger partial charge < -0.3 is 14.7 Å². The van der Waals surface area contributed by atoms with Crippen LogP contribution in [0.3, 0.4) is 0 Å². The first-order valence-electron chi connectivity index (χ1n) is 11.9. The molecular formula is C27H35NO4. The van der Waals surface area contributed by atoms with Gasteiger partial charge in [-0.15, -0.1) is 0 Å². The van der Waals surface area contributed by atoms with Crippen molar-refractivity contribution in [2.45, 2.75) is 63.9 Å². The smallest absolute Gasteiger partial charge is 0.310 e. The van der Waals surface area contributed by atoms with Crippen LogP contribution in [0.15, 0.2) is 54.6 Å². The molecule has 172 valence electrons. The van der Waals surface area contributed by atoms with Crippen molar-refractivity contribution < 1.29 is 19.4 Å². The Morgan fingerprint density at radius 2 is 1.53 bits per heavy atom. The number of carbonyl (C=O) groups excluding carboxylic acids is 1. The maximum absolute atomic E-state index is 12.6. The Morgan fingerprint density at radius 1 is 0.875 bits per heavy atom. The number of carbonyl (C=O) groups is 2. The quantitative estimate of drug-likeness (QED) is 0.359. The molecule has 2 aromatic rings. The van der Waals surface area contributed by atoms with Gasteiger partial charge in [-0.2, -0.15) is 0 Å². The molecule has 0 aliphatic carbocycles. The zero-order valence-electron chi connectivity index (χ0n) is 18.9. The molecule has 2 aromatic carbocycles. The van der Waals surface area contributed by atoms with E-state index in [0.29, 0.717) is 6.42 Å². The molecule has 3 rings (SSSR count). The van der Waals surface area contributed by atoms with E-state index in [1.54, 1.807) is 0 Å². The van der Waals surface area contributed by atoms with Crippen LogP contribution in [0, 0.1) is 0 Å². The van der Waals surface area contributed by atoms with Gasteiger partial charge in [-0.1, -0.05) is 73.9 Å². The molecule has 5 nitrogen and oxygen atoms in total. The Labute approximate surface area is 191 Å². The van der Waals surface area contributed by atoms with Crippen LogP contribution in [-0.2, 0) is 20.7 Å². The van der Waals surface area contributed by atoms with Crippen molar-refractivity contribution in [3.05, 3.63) is 60.2 Å². The Balaban J connectivity index is 1.35. The maximum Gasteiger partial charge on any atom is 0.310 e. The number of nitrogens with zero attached hydrogens (tertiary/aromatic N) is 1. The second kappa shape index (κ2) is 13.0. The zero-order valence-corrected chi connectivity index (χ0v) is 18.9. The summed E-state index contributed by atoms with van der Waals surface area (Å²) in [5.74, 6) is -0.845. The third kappa shape index (κ3) is 8.12. The fourth-order valence-electron chi connectivity index (χ4n) is 4.35. The van der Waals surface area contributed by atoms with E-state index in [2.05, 4.69) is 23.1 Å². The molecule has 0 spiro atoms. The highest BCUT2D eigenvalue weighted by Gasteiger charge is 2.22. The van der Waals surface area contributed by atoms with Crippen molar-refractivity contribution in [1.82, 2.24) is 4.90 Å². The Morgan fingerprint density at radius 3 is 2.28 bits per heavy atom. The van der Waals surface area contributed by atoms with Gasteiger partial charge in [-0.05, 0) is 48.9 Å². The predicted octanol–water partition coefficient (Wildman–Crippen LogP) is 5.33. The van der Waals surface area contributed by atoms with E-state index in [0.717, 1.165) is 81.3 Å². The molecule has 0 amide bonds. The molecule has 5 heteroatoms. The van der Waals surface area contributed by atoms with E-state index in [4.69, 9.17) is 9.84 Å². The van der Waals surface area contributed by atoms with Crippen LogP contribution >= 0.6 is 0 Å². The summed E-state index contributed by atoms with van der Waals surface area (Å²) in [4.78, 5) is 25.6. The number of ether oxygens (including phenoxy) is 1. The molecule has 0 bridgehead atoms. The van der Waals surface area contributed by atoms with E-state index < -0.39 is 5.97 Å². The van der Waals surface area contributed by atoms with Gasteiger partial charge in [0, 0.05) is 19.5 Å². The highest BCUT2D eigenvalue weighted by molar-refractivity contribution is 5.78. The molecule has 1 heterocycles. The summed E-state index contributed by atoms with van der Waals surface area (Å²) in [5, 5.41) is 8.66. The van der Waals surface area contributed by atoms with Crippen LogP contribution in [-0.4, -0.2) is 47.7 Å². The van der Waals surface area contributed by atoms with Gasteiger partial charge in [0.1, 0.15) is 6.10 Å². The highest BCUT2D eigenvalue weighted by atomic mass is 16.5. The average molecular weight is 438 g/mol. The van der Waals surface area contributed by atoms with Crippen LogP contribution in [0.2, 0.25) is 0 Å². The van der Waals surface area contributed by atoms with Gasteiger partial charge in [-0.3, -0.25) is 9.59 Å². The van der Waals surface area contributed by atoms with Gasteiger partial charge in [0.05, 0.1) is 6.42 Å². The molecule has 1 saturated heterocycles.